The molecule has 0 fully saturated rings. The third-order valence-corrected chi connectivity index (χ3v) is 2.95. The first-order valence-corrected chi connectivity index (χ1v) is 7.53. The fraction of sp³-hybridized carbons (Fsp3) is 0.714. The molecule has 0 aliphatic heterocycles. The average molecular weight is 330 g/mol. The molecule has 2 atom stereocenters. The molecule has 0 aromatic heterocycles. The lowest BCUT2D eigenvalue weighted by Crippen LogP contribution is -2.56. The maximum Gasteiger partial charge on any atom is 0.404 e. The summed E-state index contributed by atoms with van der Waals surface area (Å²) in [6.45, 7) is 5.24. The largest absolute Gasteiger partial charge is 0.465 e. The first kappa shape index (κ1) is 20.7. The Hall–Kier alpha value is -2.32. The van der Waals surface area contributed by atoms with Crippen molar-refractivity contribution in [2.45, 2.75) is 52.1 Å². The Bertz CT molecular complexity index is 439. The molecule has 132 valence electrons. The van der Waals surface area contributed by atoms with Crippen LogP contribution in [0.15, 0.2) is 0 Å². The highest BCUT2D eigenvalue weighted by Crippen LogP contribution is 2.04. The van der Waals surface area contributed by atoms with Crippen molar-refractivity contribution in [1.29, 1.82) is 0 Å². The molecule has 0 aromatic carbocycles. The summed E-state index contributed by atoms with van der Waals surface area (Å²) in [5.41, 5.74) is 5.25. The number of carbonyl (C=O) groups is 4. The molecule has 0 aliphatic rings. The van der Waals surface area contributed by atoms with E-state index in [-0.39, 0.29) is 24.8 Å². The first-order valence-electron chi connectivity index (χ1n) is 7.53. The Balaban J connectivity index is 4.89. The summed E-state index contributed by atoms with van der Waals surface area (Å²) in [6.07, 6.45) is -0.171. The SMILES string of the molecule is CCCC(=O)NC(CNC(=O)O)C(=O)NC(CC(C)C)C(N)=O. The quantitative estimate of drug-likeness (QED) is 0.368. The van der Waals surface area contributed by atoms with Gasteiger partial charge in [0.1, 0.15) is 12.1 Å². The zero-order valence-electron chi connectivity index (χ0n) is 13.7. The van der Waals surface area contributed by atoms with Crippen LogP contribution in [0, 0.1) is 5.92 Å². The predicted molar refractivity (Wildman–Crippen MR) is 83.4 cm³/mol. The smallest absolute Gasteiger partial charge is 0.404 e. The van der Waals surface area contributed by atoms with Crippen LogP contribution in [-0.2, 0) is 14.4 Å². The molecule has 0 aliphatic carbocycles. The molecule has 0 rings (SSSR count). The maximum atomic E-state index is 12.2. The van der Waals surface area contributed by atoms with Gasteiger partial charge in [-0.1, -0.05) is 20.8 Å². The Morgan fingerprint density at radius 3 is 2.13 bits per heavy atom. The van der Waals surface area contributed by atoms with Crippen LogP contribution < -0.4 is 21.7 Å². The number of nitrogens with two attached hydrogens (primary N) is 1. The van der Waals surface area contributed by atoms with E-state index in [1.165, 1.54) is 0 Å². The van der Waals surface area contributed by atoms with Crippen molar-refractivity contribution >= 4 is 23.8 Å². The molecule has 9 heteroatoms. The number of primary amides is 1. The van der Waals surface area contributed by atoms with Crippen LogP contribution in [0.3, 0.4) is 0 Å². The van der Waals surface area contributed by atoms with E-state index in [0.29, 0.717) is 12.8 Å². The van der Waals surface area contributed by atoms with E-state index in [4.69, 9.17) is 10.8 Å². The number of carboxylic acid groups (broad SMARTS) is 1. The monoisotopic (exact) mass is 330 g/mol. The molecule has 4 amide bonds. The number of rotatable bonds is 10. The van der Waals surface area contributed by atoms with Crippen LogP contribution in [0.2, 0.25) is 0 Å². The molecule has 0 saturated carbocycles. The molecule has 6 N–H and O–H groups in total. The average Bonchev–Trinajstić information content (AvgIpc) is 2.41. The van der Waals surface area contributed by atoms with E-state index in [2.05, 4.69) is 10.6 Å². The fourth-order valence-electron chi connectivity index (χ4n) is 1.88. The Morgan fingerprint density at radius 1 is 1.09 bits per heavy atom. The zero-order chi connectivity index (χ0) is 18.0. The molecule has 0 bridgehead atoms. The van der Waals surface area contributed by atoms with Gasteiger partial charge in [-0.15, -0.1) is 0 Å². The van der Waals surface area contributed by atoms with Crippen LogP contribution in [0.25, 0.3) is 0 Å². The molecule has 0 saturated heterocycles. The molecular weight excluding hydrogens is 304 g/mol. The van der Waals surface area contributed by atoms with Gasteiger partial charge in [0.05, 0.1) is 6.54 Å². The molecule has 0 radical (unpaired) electrons. The number of hydrogen-bond donors (Lipinski definition) is 5. The van der Waals surface area contributed by atoms with Gasteiger partial charge in [0.25, 0.3) is 0 Å². The summed E-state index contributed by atoms with van der Waals surface area (Å²) in [7, 11) is 0. The summed E-state index contributed by atoms with van der Waals surface area (Å²) in [6, 6.07) is -1.99. The molecule has 9 nitrogen and oxygen atoms in total. The van der Waals surface area contributed by atoms with Gasteiger partial charge in [0.15, 0.2) is 0 Å². The van der Waals surface area contributed by atoms with Crippen molar-refractivity contribution in [3.63, 3.8) is 0 Å². The van der Waals surface area contributed by atoms with Crippen LogP contribution >= 0.6 is 0 Å². The van der Waals surface area contributed by atoms with Crippen LogP contribution in [0.5, 0.6) is 0 Å². The minimum atomic E-state index is -1.32. The summed E-state index contributed by atoms with van der Waals surface area (Å²) < 4.78 is 0. The van der Waals surface area contributed by atoms with Crippen molar-refractivity contribution in [1.82, 2.24) is 16.0 Å². The van der Waals surface area contributed by atoms with E-state index < -0.39 is 30.0 Å². The lowest BCUT2D eigenvalue weighted by atomic mass is 10.0. The molecule has 0 spiro atoms. The van der Waals surface area contributed by atoms with E-state index >= 15 is 0 Å². The molecule has 2 unspecified atom stereocenters. The molecule has 23 heavy (non-hydrogen) atoms. The fourth-order valence-corrected chi connectivity index (χ4v) is 1.88. The highest BCUT2D eigenvalue weighted by molar-refractivity contribution is 5.92. The Labute approximate surface area is 135 Å². The molecular formula is C14H26N4O5. The van der Waals surface area contributed by atoms with Gasteiger partial charge in [-0.3, -0.25) is 14.4 Å². The van der Waals surface area contributed by atoms with Gasteiger partial charge in [-0.2, -0.15) is 0 Å². The summed E-state index contributed by atoms with van der Waals surface area (Å²) >= 11 is 0. The maximum absolute atomic E-state index is 12.2. The minimum absolute atomic E-state index is 0.123. The van der Waals surface area contributed by atoms with Gasteiger partial charge in [0.2, 0.25) is 17.7 Å². The van der Waals surface area contributed by atoms with Crippen LogP contribution in [0.1, 0.15) is 40.0 Å². The van der Waals surface area contributed by atoms with Gasteiger partial charge in [-0.05, 0) is 18.8 Å². The van der Waals surface area contributed by atoms with E-state index in [0.717, 1.165) is 0 Å². The number of carbonyl (C=O) groups excluding carboxylic acids is 3. The minimum Gasteiger partial charge on any atom is -0.465 e. The molecule has 0 heterocycles. The number of nitrogens with one attached hydrogen (secondary N) is 3. The molecule has 0 aromatic rings. The van der Waals surface area contributed by atoms with Gasteiger partial charge in [-0.25, -0.2) is 4.79 Å². The van der Waals surface area contributed by atoms with Crippen molar-refractivity contribution in [2.24, 2.45) is 11.7 Å². The topological polar surface area (TPSA) is 151 Å². The Kier molecular flexibility index (Phi) is 9.36. The van der Waals surface area contributed by atoms with Gasteiger partial charge < -0.3 is 26.8 Å². The van der Waals surface area contributed by atoms with E-state index in [1.807, 2.05) is 19.2 Å². The third kappa shape index (κ3) is 9.33. The zero-order valence-corrected chi connectivity index (χ0v) is 13.7. The predicted octanol–water partition coefficient (Wildman–Crippen LogP) is -0.445. The summed E-state index contributed by atoms with van der Waals surface area (Å²) in [5, 5.41) is 15.6. The lowest BCUT2D eigenvalue weighted by molar-refractivity contribution is -0.131. The third-order valence-electron chi connectivity index (χ3n) is 2.95. The van der Waals surface area contributed by atoms with Crippen LogP contribution in [0.4, 0.5) is 4.79 Å². The number of hydrogen-bond acceptors (Lipinski definition) is 4. The second kappa shape index (κ2) is 10.4. The van der Waals surface area contributed by atoms with Gasteiger partial charge in [0, 0.05) is 6.42 Å². The lowest BCUT2D eigenvalue weighted by Gasteiger charge is -2.22. The van der Waals surface area contributed by atoms with Crippen molar-refractivity contribution in [2.75, 3.05) is 6.54 Å². The number of amides is 4. The van der Waals surface area contributed by atoms with Crippen molar-refractivity contribution < 1.29 is 24.3 Å². The standard InChI is InChI=1S/C14H26N4O5/c1-4-5-11(19)17-10(7-16-14(22)23)13(21)18-9(12(15)20)6-8(2)3/h8-10,16H,4-7H2,1-3H3,(H2,15,20)(H,17,19)(H,18,21)(H,22,23). The second-order valence-electron chi connectivity index (χ2n) is 5.65. The van der Waals surface area contributed by atoms with Crippen molar-refractivity contribution in [3.8, 4) is 0 Å². The highest BCUT2D eigenvalue weighted by Gasteiger charge is 2.26. The first-order chi connectivity index (χ1) is 10.7. The van der Waals surface area contributed by atoms with Crippen molar-refractivity contribution in [3.05, 3.63) is 0 Å². The van der Waals surface area contributed by atoms with E-state index in [9.17, 15) is 19.2 Å². The normalized spacial score (nSPS) is 13.0. The van der Waals surface area contributed by atoms with Gasteiger partial charge >= 0.3 is 6.09 Å². The Morgan fingerprint density at radius 2 is 1.70 bits per heavy atom. The summed E-state index contributed by atoms with van der Waals surface area (Å²) in [4.78, 5) is 45.8. The second-order valence-corrected chi connectivity index (χ2v) is 5.65. The highest BCUT2D eigenvalue weighted by atomic mass is 16.4. The van der Waals surface area contributed by atoms with E-state index in [1.54, 1.807) is 6.92 Å². The summed E-state index contributed by atoms with van der Waals surface area (Å²) in [5.74, 6) is -1.60. The van der Waals surface area contributed by atoms with Crippen LogP contribution in [-0.4, -0.2) is 47.5 Å².